The lowest BCUT2D eigenvalue weighted by atomic mass is 10.2. The Labute approximate surface area is 195 Å². The van der Waals surface area contributed by atoms with Crippen LogP contribution in [0.4, 0.5) is 0 Å². The Morgan fingerprint density at radius 1 is 1.00 bits per heavy atom. The number of hydrogen-bond donors (Lipinski definition) is 2. The summed E-state index contributed by atoms with van der Waals surface area (Å²) in [7, 11) is 0. The van der Waals surface area contributed by atoms with Crippen molar-refractivity contribution in [3.63, 3.8) is 0 Å². The monoisotopic (exact) mass is 465 g/mol. The lowest BCUT2D eigenvalue weighted by Crippen LogP contribution is -2.34. The van der Waals surface area contributed by atoms with Crippen LogP contribution in [0.2, 0.25) is 5.02 Å². The van der Waals surface area contributed by atoms with E-state index in [0.717, 1.165) is 11.1 Å². The summed E-state index contributed by atoms with van der Waals surface area (Å²) in [5.41, 5.74) is 4.53. The van der Waals surface area contributed by atoms with Crippen LogP contribution in [0.25, 0.3) is 0 Å². The van der Waals surface area contributed by atoms with Crippen LogP contribution in [0.1, 0.15) is 21.5 Å². The van der Waals surface area contributed by atoms with E-state index in [0.29, 0.717) is 34.4 Å². The van der Waals surface area contributed by atoms with Gasteiger partial charge in [0, 0.05) is 10.6 Å². The molecule has 3 aromatic rings. The number of halogens is 1. The van der Waals surface area contributed by atoms with Crippen LogP contribution in [0, 0.1) is 0 Å². The standard InChI is InChI=1S/C24H20ClN3O5/c25-19-6-1-17(2-7-19)14-31-20-8-3-16(4-9-20)12-27-28-23(29)13-26-24(30)18-5-10-21-22(11-18)33-15-32-21/h1-12H,13-15H2,(H,26,30)(H,28,29). The van der Waals surface area contributed by atoms with Gasteiger partial charge in [-0.1, -0.05) is 23.7 Å². The SMILES string of the molecule is O=C(CNC(=O)c1ccc2c(c1)OCO2)NN=Cc1ccc(OCc2ccc(Cl)cc2)cc1. The van der Waals surface area contributed by atoms with Crippen LogP contribution in [-0.4, -0.2) is 31.4 Å². The van der Waals surface area contributed by atoms with Crippen molar-refractivity contribution >= 4 is 29.6 Å². The fourth-order valence-electron chi connectivity index (χ4n) is 2.92. The van der Waals surface area contributed by atoms with Gasteiger partial charge >= 0.3 is 0 Å². The van der Waals surface area contributed by atoms with E-state index >= 15 is 0 Å². The van der Waals surface area contributed by atoms with Crippen molar-refractivity contribution in [3.8, 4) is 17.2 Å². The molecule has 33 heavy (non-hydrogen) atoms. The molecule has 0 saturated carbocycles. The number of amides is 2. The summed E-state index contributed by atoms with van der Waals surface area (Å²) in [5.74, 6) is 0.931. The van der Waals surface area contributed by atoms with Gasteiger partial charge in [0.25, 0.3) is 11.8 Å². The Bertz CT molecular complexity index is 1160. The zero-order chi connectivity index (χ0) is 23.0. The second kappa shape index (κ2) is 10.5. The molecule has 0 aliphatic carbocycles. The number of fused-ring (bicyclic) bond motifs is 1. The average molecular weight is 466 g/mol. The Morgan fingerprint density at radius 2 is 1.76 bits per heavy atom. The van der Waals surface area contributed by atoms with Gasteiger partial charge in [0.2, 0.25) is 6.79 Å². The van der Waals surface area contributed by atoms with Crippen LogP contribution in [0.5, 0.6) is 17.2 Å². The summed E-state index contributed by atoms with van der Waals surface area (Å²) in [5, 5.41) is 7.12. The summed E-state index contributed by atoms with van der Waals surface area (Å²) in [6.45, 7) is 0.334. The third-order valence-corrected chi connectivity index (χ3v) is 4.90. The fourth-order valence-corrected chi connectivity index (χ4v) is 3.04. The summed E-state index contributed by atoms with van der Waals surface area (Å²) in [6, 6.07) is 19.5. The number of carbonyl (C=O) groups is 2. The largest absolute Gasteiger partial charge is 0.489 e. The predicted octanol–water partition coefficient (Wildman–Crippen LogP) is 3.53. The van der Waals surface area contributed by atoms with Gasteiger partial charge in [-0.3, -0.25) is 9.59 Å². The molecule has 1 heterocycles. The second-order valence-corrected chi connectivity index (χ2v) is 7.46. The smallest absolute Gasteiger partial charge is 0.259 e. The zero-order valence-electron chi connectivity index (χ0n) is 17.4. The summed E-state index contributed by atoms with van der Waals surface area (Å²) < 4.78 is 16.2. The van der Waals surface area contributed by atoms with E-state index in [-0.39, 0.29) is 13.3 Å². The first-order valence-corrected chi connectivity index (χ1v) is 10.4. The maximum absolute atomic E-state index is 12.2. The van der Waals surface area contributed by atoms with Crippen molar-refractivity contribution in [1.82, 2.24) is 10.7 Å². The van der Waals surface area contributed by atoms with Crippen molar-refractivity contribution < 1.29 is 23.8 Å². The first-order chi connectivity index (χ1) is 16.1. The molecule has 2 amide bonds. The molecular formula is C24H20ClN3O5. The van der Waals surface area contributed by atoms with Crippen LogP contribution in [0.15, 0.2) is 71.8 Å². The first-order valence-electron chi connectivity index (χ1n) is 10.0. The number of nitrogens with zero attached hydrogens (tertiary/aromatic N) is 1. The van der Waals surface area contributed by atoms with Crippen molar-refractivity contribution in [3.05, 3.63) is 88.4 Å². The van der Waals surface area contributed by atoms with E-state index in [9.17, 15) is 9.59 Å². The van der Waals surface area contributed by atoms with Crippen LogP contribution in [-0.2, 0) is 11.4 Å². The quantitative estimate of drug-likeness (QED) is 0.392. The minimum Gasteiger partial charge on any atom is -0.489 e. The number of carbonyl (C=O) groups excluding carboxylic acids is 2. The molecule has 1 aliphatic rings. The molecule has 0 spiro atoms. The highest BCUT2D eigenvalue weighted by Crippen LogP contribution is 2.32. The molecule has 2 N–H and O–H groups in total. The maximum Gasteiger partial charge on any atom is 0.259 e. The van der Waals surface area contributed by atoms with Crippen molar-refractivity contribution in [1.29, 1.82) is 0 Å². The topological polar surface area (TPSA) is 98.3 Å². The molecule has 0 aromatic heterocycles. The van der Waals surface area contributed by atoms with Gasteiger partial charge in [-0.05, 0) is 65.7 Å². The van der Waals surface area contributed by atoms with Crippen LogP contribution in [0.3, 0.4) is 0 Å². The highest BCUT2D eigenvalue weighted by atomic mass is 35.5. The van der Waals surface area contributed by atoms with Gasteiger partial charge in [0.1, 0.15) is 12.4 Å². The molecule has 168 valence electrons. The van der Waals surface area contributed by atoms with Gasteiger partial charge in [-0.25, -0.2) is 5.43 Å². The van der Waals surface area contributed by atoms with E-state index in [1.165, 1.54) is 6.21 Å². The van der Waals surface area contributed by atoms with Crippen molar-refractivity contribution in [2.45, 2.75) is 6.61 Å². The number of hydrogen-bond acceptors (Lipinski definition) is 6. The molecular weight excluding hydrogens is 446 g/mol. The van der Waals surface area contributed by atoms with E-state index in [2.05, 4.69) is 15.8 Å². The summed E-state index contributed by atoms with van der Waals surface area (Å²) >= 11 is 5.88. The van der Waals surface area contributed by atoms with Gasteiger partial charge in [-0.15, -0.1) is 0 Å². The number of nitrogens with one attached hydrogen (secondary N) is 2. The second-order valence-electron chi connectivity index (χ2n) is 7.03. The molecule has 9 heteroatoms. The van der Waals surface area contributed by atoms with Gasteiger partial charge < -0.3 is 19.5 Å². The highest BCUT2D eigenvalue weighted by Gasteiger charge is 2.16. The minimum atomic E-state index is -0.455. The molecule has 0 radical (unpaired) electrons. The van der Waals surface area contributed by atoms with Crippen LogP contribution >= 0.6 is 11.6 Å². The van der Waals surface area contributed by atoms with E-state index in [1.54, 1.807) is 18.2 Å². The van der Waals surface area contributed by atoms with Gasteiger partial charge in [0.15, 0.2) is 11.5 Å². The molecule has 1 aliphatic heterocycles. The first kappa shape index (κ1) is 22.2. The average Bonchev–Trinajstić information content (AvgIpc) is 3.31. The molecule has 3 aromatic carbocycles. The van der Waals surface area contributed by atoms with Crippen LogP contribution < -0.4 is 25.0 Å². The Morgan fingerprint density at radius 3 is 2.55 bits per heavy atom. The molecule has 0 unspecified atom stereocenters. The van der Waals surface area contributed by atoms with Crippen molar-refractivity contribution in [2.24, 2.45) is 5.10 Å². The van der Waals surface area contributed by atoms with Gasteiger partial charge in [0.05, 0.1) is 12.8 Å². The number of ether oxygens (including phenoxy) is 3. The predicted molar refractivity (Wildman–Crippen MR) is 123 cm³/mol. The lowest BCUT2D eigenvalue weighted by molar-refractivity contribution is -0.120. The minimum absolute atomic E-state index is 0.125. The number of benzene rings is 3. The Balaban J connectivity index is 1.19. The maximum atomic E-state index is 12.2. The Kier molecular flexibility index (Phi) is 7.06. The van der Waals surface area contributed by atoms with Crippen molar-refractivity contribution in [2.75, 3.05) is 13.3 Å². The molecule has 0 saturated heterocycles. The zero-order valence-corrected chi connectivity index (χ0v) is 18.2. The molecule has 0 bridgehead atoms. The normalized spacial score (nSPS) is 11.9. The van der Waals surface area contributed by atoms with E-state index in [1.807, 2.05) is 48.5 Å². The van der Waals surface area contributed by atoms with E-state index < -0.39 is 11.8 Å². The summed E-state index contributed by atoms with van der Waals surface area (Å²) in [4.78, 5) is 24.1. The fraction of sp³-hybridized carbons (Fsp3) is 0.125. The lowest BCUT2D eigenvalue weighted by Gasteiger charge is -2.07. The Hall–Kier alpha value is -4.04. The van der Waals surface area contributed by atoms with E-state index in [4.69, 9.17) is 25.8 Å². The van der Waals surface area contributed by atoms with Gasteiger partial charge in [-0.2, -0.15) is 5.10 Å². The number of hydrazone groups is 1. The molecule has 0 fully saturated rings. The third kappa shape index (κ3) is 6.24. The number of rotatable bonds is 8. The third-order valence-electron chi connectivity index (χ3n) is 4.65. The molecule has 8 nitrogen and oxygen atoms in total. The summed E-state index contributed by atoms with van der Waals surface area (Å²) in [6.07, 6.45) is 1.50. The molecule has 4 rings (SSSR count). The molecule has 0 atom stereocenters. The highest BCUT2D eigenvalue weighted by molar-refractivity contribution is 6.30.